The van der Waals surface area contributed by atoms with Crippen LogP contribution >= 0.6 is 0 Å². The Labute approximate surface area is 150 Å². The molecule has 1 aliphatic carbocycles. The van der Waals surface area contributed by atoms with E-state index in [4.69, 9.17) is 10.3 Å². The summed E-state index contributed by atoms with van der Waals surface area (Å²) in [5, 5.41) is 4.26. The monoisotopic (exact) mass is 348 g/mol. The van der Waals surface area contributed by atoms with Crippen LogP contribution in [0.4, 0.5) is 0 Å². The fourth-order valence-corrected chi connectivity index (χ4v) is 4.16. The van der Waals surface area contributed by atoms with Crippen molar-refractivity contribution in [3.05, 3.63) is 11.7 Å². The maximum atomic E-state index is 12.2. The molecule has 1 aromatic heterocycles. The number of aromatic nitrogens is 2. The number of hydrogen-bond acceptors (Lipinski definition) is 5. The molecule has 2 N–H and O–H groups in total. The molecule has 25 heavy (non-hydrogen) atoms. The zero-order valence-electron chi connectivity index (χ0n) is 15.5. The Morgan fingerprint density at radius 1 is 1.24 bits per heavy atom. The maximum Gasteiger partial charge on any atom is 0.226 e. The molecule has 2 fully saturated rings. The van der Waals surface area contributed by atoms with Crippen molar-refractivity contribution in [2.24, 2.45) is 11.7 Å². The van der Waals surface area contributed by atoms with E-state index in [9.17, 15) is 4.79 Å². The summed E-state index contributed by atoms with van der Waals surface area (Å²) in [7, 11) is 0. The third kappa shape index (κ3) is 5.27. The molecule has 2 atom stereocenters. The average molecular weight is 348 g/mol. The average Bonchev–Trinajstić information content (AvgIpc) is 2.88. The van der Waals surface area contributed by atoms with Crippen molar-refractivity contribution in [2.75, 3.05) is 13.1 Å². The predicted octanol–water partition coefficient (Wildman–Crippen LogP) is 3.03. The Kier molecular flexibility index (Phi) is 6.45. The number of carbonyl (C=O) groups is 1. The second kappa shape index (κ2) is 8.79. The largest absolute Gasteiger partial charge is 0.342 e. The number of carbonyl (C=O) groups excluding carboxylic acids is 1. The molecule has 2 unspecified atom stereocenters. The minimum absolute atomic E-state index is 0.0778. The van der Waals surface area contributed by atoms with Crippen LogP contribution in [0.1, 0.15) is 82.3 Å². The van der Waals surface area contributed by atoms with Gasteiger partial charge in [-0.1, -0.05) is 30.8 Å². The fraction of sp³-hybridized carbons (Fsp3) is 0.842. The van der Waals surface area contributed by atoms with E-state index in [-0.39, 0.29) is 11.9 Å². The van der Waals surface area contributed by atoms with Crippen LogP contribution in [0, 0.1) is 5.92 Å². The van der Waals surface area contributed by atoms with Crippen molar-refractivity contribution in [3.8, 4) is 0 Å². The van der Waals surface area contributed by atoms with Crippen molar-refractivity contribution in [2.45, 2.75) is 83.1 Å². The topological polar surface area (TPSA) is 85.3 Å². The lowest BCUT2D eigenvalue weighted by molar-refractivity contribution is -0.133. The van der Waals surface area contributed by atoms with E-state index in [2.05, 4.69) is 10.1 Å². The Hall–Kier alpha value is -1.43. The summed E-state index contributed by atoms with van der Waals surface area (Å²) >= 11 is 0. The molecule has 2 aliphatic rings. The minimum Gasteiger partial charge on any atom is -0.342 e. The lowest BCUT2D eigenvalue weighted by atomic mass is 9.94. The molecular weight excluding hydrogens is 316 g/mol. The van der Waals surface area contributed by atoms with Crippen LogP contribution in [0.3, 0.4) is 0 Å². The molecule has 0 radical (unpaired) electrons. The number of piperidine rings is 1. The van der Waals surface area contributed by atoms with Gasteiger partial charge >= 0.3 is 0 Å². The van der Waals surface area contributed by atoms with E-state index in [1.807, 2.05) is 11.8 Å². The van der Waals surface area contributed by atoms with Crippen molar-refractivity contribution in [1.29, 1.82) is 0 Å². The van der Waals surface area contributed by atoms with Crippen molar-refractivity contribution in [1.82, 2.24) is 15.0 Å². The first-order valence-electron chi connectivity index (χ1n) is 9.97. The van der Waals surface area contributed by atoms with Gasteiger partial charge < -0.3 is 15.2 Å². The molecule has 1 aliphatic heterocycles. The SMILES string of the molecule is CC(N)CC(=O)N1CCCC(Cc2nc(C3CCCCCC3)no2)C1. The van der Waals surface area contributed by atoms with E-state index < -0.39 is 0 Å². The van der Waals surface area contributed by atoms with Gasteiger partial charge in [-0.2, -0.15) is 4.98 Å². The second-order valence-electron chi connectivity index (χ2n) is 7.97. The van der Waals surface area contributed by atoms with Crippen LogP contribution in [-0.2, 0) is 11.2 Å². The molecule has 140 valence electrons. The van der Waals surface area contributed by atoms with Gasteiger partial charge in [-0.3, -0.25) is 4.79 Å². The van der Waals surface area contributed by atoms with E-state index in [1.54, 1.807) is 0 Å². The van der Waals surface area contributed by atoms with Crippen molar-refractivity contribution in [3.63, 3.8) is 0 Å². The van der Waals surface area contributed by atoms with Gasteiger partial charge in [-0.25, -0.2) is 0 Å². The molecule has 2 heterocycles. The molecule has 0 bridgehead atoms. The van der Waals surface area contributed by atoms with Gasteiger partial charge in [0, 0.05) is 37.9 Å². The summed E-state index contributed by atoms with van der Waals surface area (Å²) in [6.45, 7) is 3.51. The second-order valence-corrected chi connectivity index (χ2v) is 7.97. The highest BCUT2D eigenvalue weighted by Crippen LogP contribution is 2.30. The normalized spacial score (nSPS) is 24.1. The summed E-state index contributed by atoms with van der Waals surface area (Å²) in [5.74, 6) is 2.69. The molecule has 1 saturated heterocycles. The van der Waals surface area contributed by atoms with Crippen LogP contribution in [0.25, 0.3) is 0 Å². The number of hydrogen-bond donors (Lipinski definition) is 1. The van der Waals surface area contributed by atoms with Gasteiger partial charge in [-0.05, 0) is 38.5 Å². The maximum absolute atomic E-state index is 12.2. The number of likely N-dealkylation sites (tertiary alicyclic amines) is 1. The summed E-state index contributed by atoms with van der Waals surface area (Å²) in [6, 6.07) is -0.0778. The predicted molar refractivity (Wildman–Crippen MR) is 96.0 cm³/mol. The Balaban J connectivity index is 1.54. The Morgan fingerprint density at radius 2 is 2.00 bits per heavy atom. The van der Waals surface area contributed by atoms with Crippen LogP contribution in [-0.4, -0.2) is 40.1 Å². The van der Waals surface area contributed by atoms with Gasteiger partial charge in [0.05, 0.1) is 0 Å². The standard InChI is InChI=1S/C19H32N4O2/c1-14(20)11-18(24)23-10-6-7-15(13-23)12-17-21-19(22-25-17)16-8-4-2-3-5-9-16/h14-16H,2-13,20H2,1H3. The lowest BCUT2D eigenvalue weighted by Gasteiger charge is -2.32. The number of rotatable bonds is 5. The van der Waals surface area contributed by atoms with Gasteiger partial charge in [0.25, 0.3) is 0 Å². The number of amides is 1. The summed E-state index contributed by atoms with van der Waals surface area (Å²) < 4.78 is 5.54. The summed E-state index contributed by atoms with van der Waals surface area (Å²) in [5.41, 5.74) is 5.76. The van der Waals surface area contributed by atoms with Gasteiger partial charge in [-0.15, -0.1) is 0 Å². The van der Waals surface area contributed by atoms with Crippen molar-refractivity contribution < 1.29 is 9.32 Å². The zero-order chi connectivity index (χ0) is 17.6. The highest BCUT2D eigenvalue weighted by atomic mass is 16.5. The van der Waals surface area contributed by atoms with Crippen LogP contribution in [0.2, 0.25) is 0 Å². The van der Waals surface area contributed by atoms with Crippen molar-refractivity contribution >= 4 is 5.91 Å². The molecule has 6 heteroatoms. The van der Waals surface area contributed by atoms with Crippen LogP contribution < -0.4 is 5.73 Å². The van der Waals surface area contributed by atoms with E-state index in [0.29, 0.717) is 18.3 Å². The summed E-state index contributed by atoms with van der Waals surface area (Å²) in [4.78, 5) is 18.9. The van der Waals surface area contributed by atoms with Gasteiger partial charge in [0.1, 0.15) is 0 Å². The van der Waals surface area contributed by atoms with E-state index in [1.165, 1.54) is 38.5 Å². The molecular formula is C19H32N4O2. The molecule has 1 saturated carbocycles. The highest BCUT2D eigenvalue weighted by Gasteiger charge is 2.26. The Bertz CT molecular complexity index is 549. The van der Waals surface area contributed by atoms with E-state index >= 15 is 0 Å². The number of nitrogens with zero attached hydrogens (tertiary/aromatic N) is 3. The van der Waals surface area contributed by atoms with Gasteiger partial charge in [0.2, 0.25) is 11.8 Å². The highest BCUT2D eigenvalue weighted by molar-refractivity contribution is 5.76. The van der Waals surface area contributed by atoms with Crippen LogP contribution in [0.5, 0.6) is 0 Å². The molecule has 1 aromatic rings. The molecule has 1 amide bonds. The number of nitrogens with two attached hydrogens (primary N) is 1. The zero-order valence-corrected chi connectivity index (χ0v) is 15.5. The summed E-state index contributed by atoms with van der Waals surface area (Å²) in [6.07, 6.45) is 10.9. The molecule has 6 nitrogen and oxygen atoms in total. The molecule has 3 rings (SSSR count). The smallest absolute Gasteiger partial charge is 0.226 e. The third-order valence-electron chi connectivity index (χ3n) is 5.54. The van der Waals surface area contributed by atoms with Gasteiger partial charge in [0.15, 0.2) is 5.82 Å². The molecule has 0 spiro atoms. The van der Waals surface area contributed by atoms with E-state index in [0.717, 1.165) is 44.1 Å². The first kappa shape index (κ1) is 18.4. The fourth-order valence-electron chi connectivity index (χ4n) is 4.16. The first-order chi connectivity index (χ1) is 12.1. The van der Waals surface area contributed by atoms with Crippen LogP contribution in [0.15, 0.2) is 4.52 Å². The lowest BCUT2D eigenvalue weighted by Crippen LogP contribution is -2.42. The Morgan fingerprint density at radius 3 is 2.72 bits per heavy atom. The first-order valence-corrected chi connectivity index (χ1v) is 9.97. The quantitative estimate of drug-likeness (QED) is 0.827. The minimum atomic E-state index is -0.0778. The molecule has 0 aromatic carbocycles. The third-order valence-corrected chi connectivity index (χ3v) is 5.54.